The maximum absolute atomic E-state index is 11.4. The molecule has 0 atom stereocenters. The van der Waals surface area contributed by atoms with E-state index in [0.29, 0.717) is 5.39 Å². The summed E-state index contributed by atoms with van der Waals surface area (Å²) < 4.78 is 4.66. The van der Waals surface area contributed by atoms with Crippen LogP contribution in [0.25, 0.3) is 10.9 Å². The number of para-hydroxylation sites is 1. The molecule has 0 spiro atoms. The summed E-state index contributed by atoms with van der Waals surface area (Å²) in [6, 6.07) is 8.94. The van der Waals surface area contributed by atoms with Gasteiger partial charge in [0, 0.05) is 5.39 Å². The van der Waals surface area contributed by atoms with Crippen molar-refractivity contribution in [3.63, 3.8) is 0 Å². The fourth-order valence-corrected chi connectivity index (χ4v) is 1.29. The SMILES string of the molecule is N#CCOC(=O)c1n[nH]c2ccccc12. The minimum Gasteiger partial charge on any atom is -0.445 e. The zero-order chi connectivity index (χ0) is 10.7. The van der Waals surface area contributed by atoms with Crippen molar-refractivity contribution in [2.75, 3.05) is 6.61 Å². The second kappa shape index (κ2) is 3.80. The summed E-state index contributed by atoms with van der Waals surface area (Å²) in [6.07, 6.45) is 0. The molecule has 0 saturated carbocycles. The van der Waals surface area contributed by atoms with E-state index in [2.05, 4.69) is 14.9 Å². The van der Waals surface area contributed by atoms with Gasteiger partial charge in [-0.15, -0.1) is 0 Å². The third-order valence-electron chi connectivity index (χ3n) is 1.93. The van der Waals surface area contributed by atoms with Gasteiger partial charge < -0.3 is 4.74 Å². The first-order valence-corrected chi connectivity index (χ1v) is 4.30. The van der Waals surface area contributed by atoms with Crippen molar-refractivity contribution < 1.29 is 9.53 Å². The standard InChI is InChI=1S/C10H7N3O2/c11-5-6-15-10(14)9-7-3-1-2-4-8(7)12-13-9/h1-4H,6H2,(H,12,13). The summed E-state index contributed by atoms with van der Waals surface area (Å²) in [4.78, 5) is 11.4. The molecular formula is C10H7N3O2. The van der Waals surface area contributed by atoms with E-state index in [4.69, 9.17) is 5.26 Å². The first-order chi connectivity index (χ1) is 7.33. The molecule has 0 aliphatic heterocycles. The zero-order valence-corrected chi connectivity index (χ0v) is 7.73. The number of carbonyl (C=O) groups is 1. The highest BCUT2D eigenvalue weighted by Gasteiger charge is 2.14. The number of benzene rings is 1. The van der Waals surface area contributed by atoms with Crippen LogP contribution in [-0.4, -0.2) is 22.8 Å². The van der Waals surface area contributed by atoms with Gasteiger partial charge in [0.05, 0.1) is 5.52 Å². The second-order valence-corrected chi connectivity index (χ2v) is 2.85. The monoisotopic (exact) mass is 201 g/mol. The van der Waals surface area contributed by atoms with Gasteiger partial charge in [-0.05, 0) is 6.07 Å². The minimum absolute atomic E-state index is 0.209. The molecule has 0 amide bonds. The average Bonchev–Trinajstić information content (AvgIpc) is 2.69. The number of carbonyl (C=O) groups excluding carboxylic acids is 1. The molecule has 15 heavy (non-hydrogen) atoms. The van der Waals surface area contributed by atoms with Gasteiger partial charge in [-0.2, -0.15) is 10.4 Å². The van der Waals surface area contributed by atoms with Crippen molar-refractivity contribution >= 4 is 16.9 Å². The predicted octanol–water partition coefficient (Wildman–Crippen LogP) is 1.24. The highest BCUT2D eigenvalue weighted by atomic mass is 16.5. The Morgan fingerprint density at radius 3 is 3.13 bits per heavy atom. The lowest BCUT2D eigenvalue weighted by Gasteiger charge is -1.95. The number of esters is 1. The Hall–Kier alpha value is -2.35. The topological polar surface area (TPSA) is 78.8 Å². The summed E-state index contributed by atoms with van der Waals surface area (Å²) in [6.45, 7) is -0.264. The number of rotatable bonds is 2. The molecule has 5 nitrogen and oxygen atoms in total. The maximum Gasteiger partial charge on any atom is 0.360 e. The lowest BCUT2D eigenvalue weighted by molar-refractivity contribution is 0.0550. The second-order valence-electron chi connectivity index (χ2n) is 2.85. The van der Waals surface area contributed by atoms with Gasteiger partial charge in [0.1, 0.15) is 6.07 Å². The third-order valence-corrected chi connectivity index (χ3v) is 1.93. The number of hydrogen-bond acceptors (Lipinski definition) is 4. The molecule has 1 N–H and O–H groups in total. The van der Waals surface area contributed by atoms with Crippen LogP contribution in [0, 0.1) is 11.3 Å². The molecule has 0 aliphatic rings. The van der Waals surface area contributed by atoms with Crippen LogP contribution in [0.5, 0.6) is 0 Å². The van der Waals surface area contributed by atoms with E-state index < -0.39 is 5.97 Å². The molecule has 0 saturated heterocycles. The number of H-pyrrole nitrogens is 1. The molecule has 0 radical (unpaired) electrons. The quantitative estimate of drug-likeness (QED) is 0.741. The smallest absolute Gasteiger partial charge is 0.360 e. The van der Waals surface area contributed by atoms with Crippen LogP contribution in [0.2, 0.25) is 0 Å². The molecule has 74 valence electrons. The van der Waals surface area contributed by atoms with Gasteiger partial charge >= 0.3 is 5.97 Å². The fraction of sp³-hybridized carbons (Fsp3) is 0.100. The first kappa shape index (κ1) is 9.21. The molecule has 1 heterocycles. The Morgan fingerprint density at radius 2 is 2.33 bits per heavy atom. The molecule has 0 aliphatic carbocycles. The molecule has 1 aromatic carbocycles. The van der Waals surface area contributed by atoms with E-state index in [1.807, 2.05) is 12.1 Å². The van der Waals surface area contributed by atoms with Crippen LogP contribution in [0.15, 0.2) is 24.3 Å². The number of aromatic nitrogens is 2. The molecule has 2 rings (SSSR count). The summed E-state index contributed by atoms with van der Waals surface area (Å²) in [5, 5.41) is 15.5. The summed E-state index contributed by atoms with van der Waals surface area (Å²) in [5.41, 5.74) is 0.974. The van der Waals surface area contributed by atoms with Crippen LogP contribution in [-0.2, 0) is 4.74 Å². The fourth-order valence-electron chi connectivity index (χ4n) is 1.29. The van der Waals surface area contributed by atoms with E-state index in [0.717, 1.165) is 5.52 Å². The van der Waals surface area contributed by atoms with Crippen molar-refractivity contribution in [2.45, 2.75) is 0 Å². The van der Waals surface area contributed by atoms with Gasteiger partial charge in [-0.1, -0.05) is 18.2 Å². The third kappa shape index (κ3) is 1.65. The number of aromatic amines is 1. The minimum atomic E-state index is -0.589. The number of hydrogen-bond donors (Lipinski definition) is 1. The molecular weight excluding hydrogens is 194 g/mol. The largest absolute Gasteiger partial charge is 0.445 e. The zero-order valence-electron chi connectivity index (χ0n) is 7.73. The van der Waals surface area contributed by atoms with Crippen molar-refractivity contribution in [1.82, 2.24) is 10.2 Å². The highest BCUT2D eigenvalue weighted by molar-refractivity contribution is 6.01. The molecule has 0 bridgehead atoms. The van der Waals surface area contributed by atoms with Crippen molar-refractivity contribution in [2.24, 2.45) is 0 Å². The van der Waals surface area contributed by atoms with Gasteiger partial charge in [0.2, 0.25) is 0 Å². The van der Waals surface area contributed by atoms with E-state index >= 15 is 0 Å². The Morgan fingerprint density at radius 1 is 1.53 bits per heavy atom. The number of nitrogens with zero attached hydrogens (tertiary/aromatic N) is 2. The number of fused-ring (bicyclic) bond motifs is 1. The molecule has 0 fully saturated rings. The number of nitriles is 1. The first-order valence-electron chi connectivity index (χ1n) is 4.30. The summed E-state index contributed by atoms with van der Waals surface area (Å²) in [7, 11) is 0. The highest BCUT2D eigenvalue weighted by Crippen LogP contribution is 2.15. The van der Waals surface area contributed by atoms with Gasteiger partial charge in [0.25, 0.3) is 0 Å². The van der Waals surface area contributed by atoms with E-state index in [1.165, 1.54) is 0 Å². The Kier molecular flexibility index (Phi) is 2.33. The van der Waals surface area contributed by atoms with E-state index in [1.54, 1.807) is 18.2 Å². The normalized spacial score (nSPS) is 9.80. The predicted molar refractivity (Wildman–Crippen MR) is 52.0 cm³/mol. The van der Waals surface area contributed by atoms with Crippen molar-refractivity contribution in [3.05, 3.63) is 30.0 Å². The Bertz CT molecular complexity index is 539. The van der Waals surface area contributed by atoms with Gasteiger partial charge in [-0.25, -0.2) is 4.79 Å². The van der Waals surface area contributed by atoms with E-state index in [-0.39, 0.29) is 12.3 Å². The van der Waals surface area contributed by atoms with Gasteiger partial charge in [0.15, 0.2) is 12.3 Å². The van der Waals surface area contributed by atoms with Gasteiger partial charge in [-0.3, -0.25) is 5.10 Å². The lowest BCUT2D eigenvalue weighted by Crippen LogP contribution is -2.06. The molecule has 1 aromatic heterocycles. The summed E-state index contributed by atoms with van der Waals surface area (Å²) in [5.74, 6) is -0.589. The van der Waals surface area contributed by atoms with Crippen LogP contribution >= 0.6 is 0 Å². The maximum atomic E-state index is 11.4. The lowest BCUT2D eigenvalue weighted by atomic mass is 10.2. The van der Waals surface area contributed by atoms with Crippen LogP contribution < -0.4 is 0 Å². The van der Waals surface area contributed by atoms with E-state index in [9.17, 15) is 4.79 Å². The molecule has 5 heteroatoms. The van der Waals surface area contributed by atoms with Crippen molar-refractivity contribution in [1.29, 1.82) is 5.26 Å². The molecule has 0 unspecified atom stereocenters. The number of ether oxygens (including phenoxy) is 1. The number of nitrogens with one attached hydrogen (secondary N) is 1. The Balaban J connectivity index is 2.36. The van der Waals surface area contributed by atoms with Crippen LogP contribution in [0.3, 0.4) is 0 Å². The Labute approximate surface area is 85.3 Å². The van der Waals surface area contributed by atoms with Crippen LogP contribution in [0.1, 0.15) is 10.5 Å². The van der Waals surface area contributed by atoms with Crippen molar-refractivity contribution in [3.8, 4) is 6.07 Å². The van der Waals surface area contributed by atoms with Crippen LogP contribution in [0.4, 0.5) is 0 Å². The summed E-state index contributed by atoms with van der Waals surface area (Å²) >= 11 is 0. The molecule has 2 aromatic rings. The average molecular weight is 201 g/mol.